The zero-order chi connectivity index (χ0) is 19.2. The smallest absolute Gasteiger partial charge is 0.409 e. The van der Waals surface area contributed by atoms with Crippen LogP contribution in [0.3, 0.4) is 0 Å². The third-order valence-electron chi connectivity index (χ3n) is 4.12. The Hall–Kier alpha value is -2.87. The van der Waals surface area contributed by atoms with E-state index in [9.17, 15) is 9.59 Å². The van der Waals surface area contributed by atoms with Crippen molar-refractivity contribution in [2.75, 3.05) is 43.0 Å². The fraction of sp³-hybridized carbons (Fsp3) is 0.333. The number of hydrogen-bond donors (Lipinski definition) is 1. The van der Waals surface area contributed by atoms with E-state index in [1.807, 2.05) is 4.90 Å². The number of piperazine rings is 1. The van der Waals surface area contributed by atoms with Crippen molar-refractivity contribution in [3.63, 3.8) is 0 Å². The first-order chi connectivity index (χ1) is 13.1. The van der Waals surface area contributed by atoms with Gasteiger partial charge in [0.2, 0.25) is 0 Å². The Morgan fingerprint density at radius 2 is 1.89 bits per heavy atom. The van der Waals surface area contributed by atoms with Crippen LogP contribution >= 0.6 is 11.6 Å². The van der Waals surface area contributed by atoms with E-state index in [1.54, 1.807) is 42.3 Å². The van der Waals surface area contributed by atoms with Crippen molar-refractivity contribution in [1.82, 2.24) is 14.9 Å². The molecular weight excluding hydrogens is 370 g/mol. The minimum Gasteiger partial charge on any atom is -0.450 e. The molecule has 1 aliphatic heterocycles. The first kappa shape index (κ1) is 18.9. The Morgan fingerprint density at radius 1 is 1.15 bits per heavy atom. The third-order valence-corrected chi connectivity index (χ3v) is 4.45. The van der Waals surface area contributed by atoms with Crippen LogP contribution in [0.2, 0.25) is 5.02 Å². The molecule has 142 valence electrons. The number of halogens is 1. The minimum absolute atomic E-state index is 0.198. The van der Waals surface area contributed by atoms with Gasteiger partial charge in [-0.2, -0.15) is 0 Å². The van der Waals surface area contributed by atoms with Gasteiger partial charge in [-0.25, -0.2) is 14.8 Å². The molecule has 2 aromatic rings. The lowest BCUT2D eigenvalue weighted by molar-refractivity contribution is 0.101. The number of ether oxygens (including phenoxy) is 1. The highest BCUT2D eigenvalue weighted by Crippen LogP contribution is 2.21. The highest BCUT2D eigenvalue weighted by atomic mass is 35.5. The summed E-state index contributed by atoms with van der Waals surface area (Å²) in [6, 6.07) is 6.98. The molecule has 9 heteroatoms. The van der Waals surface area contributed by atoms with Crippen molar-refractivity contribution >= 4 is 35.1 Å². The summed E-state index contributed by atoms with van der Waals surface area (Å²) in [5.74, 6) is 0.280. The predicted molar refractivity (Wildman–Crippen MR) is 102 cm³/mol. The van der Waals surface area contributed by atoms with Crippen LogP contribution < -0.4 is 10.2 Å². The van der Waals surface area contributed by atoms with E-state index in [4.69, 9.17) is 16.3 Å². The molecule has 1 aromatic carbocycles. The predicted octanol–water partition coefficient (Wildman–Crippen LogP) is 2.66. The van der Waals surface area contributed by atoms with E-state index in [0.29, 0.717) is 49.3 Å². The molecule has 1 aromatic heterocycles. The summed E-state index contributed by atoms with van der Waals surface area (Å²) in [5, 5.41) is 3.16. The normalized spacial score (nSPS) is 14.0. The molecule has 2 amide bonds. The Labute approximate surface area is 162 Å². The van der Waals surface area contributed by atoms with Crippen molar-refractivity contribution < 1.29 is 14.3 Å². The quantitative estimate of drug-likeness (QED) is 0.864. The highest BCUT2D eigenvalue weighted by Gasteiger charge is 2.23. The topological polar surface area (TPSA) is 87.7 Å². The van der Waals surface area contributed by atoms with Crippen LogP contribution in [-0.2, 0) is 4.74 Å². The number of para-hydroxylation sites is 1. The fourth-order valence-corrected chi connectivity index (χ4v) is 2.87. The molecular formula is C18H20ClN5O3. The molecule has 0 saturated carbocycles. The number of aromatic nitrogens is 2. The van der Waals surface area contributed by atoms with Gasteiger partial charge in [0, 0.05) is 26.2 Å². The molecule has 0 atom stereocenters. The average Bonchev–Trinajstić information content (AvgIpc) is 2.70. The van der Waals surface area contributed by atoms with Crippen molar-refractivity contribution in [3.8, 4) is 0 Å². The van der Waals surface area contributed by atoms with Gasteiger partial charge in [-0.3, -0.25) is 4.79 Å². The second-order valence-electron chi connectivity index (χ2n) is 5.87. The lowest BCUT2D eigenvalue weighted by Gasteiger charge is -2.34. The lowest BCUT2D eigenvalue weighted by Crippen LogP contribution is -2.49. The number of amides is 2. The number of carbonyl (C=O) groups excluding carboxylic acids is 2. The fourth-order valence-electron chi connectivity index (χ4n) is 2.68. The Bertz CT molecular complexity index is 807. The molecule has 8 nitrogen and oxygen atoms in total. The number of nitrogens with zero attached hydrogens (tertiary/aromatic N) is 4. The second-order valence-corrected chi connectivity index (χ2v) is 6.27. The highest BCUT2D eigenvalue weighted by molar-refractivity contribution is 6.33. The molecule has 27 heavy (non-hydrogen) atoms. The maximum atomic E-state index is 12.3. The van der Waals surface area contributed by atoms with Crippen LogP contribution in [0, 0.1) is 0 Å². The van der Waals surface area contributed by atoms with Gasteiger partial charge in [0.05, 0.1) is 29.7 Å². The van der Waals surface area contributed by atoms with Gasteiger partial charge in [-0.05, 0) is 19.1 Å². The Balaban J connectivity index is 1.58. The Kier molecular flexibility index (Phi) is 6.08. The molecule has 3 rings (SSSR count). The van der Waals surface area contributed by atoms with E-state index >= 15 is 0 Å². The summed E-state index contributed by atoms with van der Waals surface area (Å²) in [6.07, 6.45) is 2.69. The SMILES string of the molecule is CCOC(=O)N1CCN(c2cnc(C(=O)Nc3ccccc3Cl)cn2)CC1. The standard InChI is InChI=1S/C18H20ClN5O3/c1-2-27-18(26)24-9-7-23(8-10-24)16-12-20-15(11-21-16)17(25)22-14-6-4-3-5-13(14)19/h3-6,11-12H,2,7-10H2,1H3,(H,22,25). The van der Waals surface area contributed by atoms with Crippen LogP contribution in [0.15, 0.2) is 36.7 Å². The van der Waals surface area contributed by atoms with Crippen LogP contribution in [0.5, 0.6) is 0 Å². The van der Waals surface area contributed by atoms with E-state index in [1.165, 1.54) is 6.20 Å². The zero-order valence-electron chi connectivity index (χ0n) is 14.9. The maximum Gasteiger partial charge on any atom is 0.409 e. The van der Waals surface area contributed by atoms with E-state index < -0.39 is 0 Å². The number of anilines is 2. The van der Waals surface area contributed by atoms with Gasteiger partial charge in [-0.15, -0.1) is 0 Å². The summed E-state index contributed by atoms with van der Waals surface area (Å²) in [4.78, 5) is 36.2. The van der Waals surface area contributed by atoms with Crippen molar-refractivity contribution in [1.29, 1.82) is 0 Å². The third kappa shape index (κ3) is 4.65. The van der Waals surface area contributed by atoms with Crippen LogP contribution in [0.1, 0.15) is 17.4 Å². The van der Waals surface area contributed by atoms with Gasteiger partial charge in [-0.1, -0.05) is 23.7 Å². The van der Waals surface area contributed by atoms with Crippen LogP contribution in [0.25, 0.3) is 0 Å². The average molecular weight is 390 g/mol. The largest absolute Gasteiger partial charge is 0.450 e. The minimum atomic E-state index is -0.380. The monoisotopic (exact) mass is 389 g/mol. The molecule has 0 bridgehead atoms. The van der Waals surface area contributed by atoms with E-state index in [-0.39, 0.29) is 17.7 Å². The summed E-state index contributed by atoms with van der Waals surface area (Å²) in [5.41, 5.74) is 0.717. The van der Waals surface area contributed by atoms with Gasteiger partial charge in [0.25, 0.3) is 5.91 Å². The summed E-state index contributed by atoms with van der Waals surface area (Å²) in [7, 11) is 0. The van der Waals surface area contributed by atoms with Gasteiger partial charge < -0.3 is 19.9 Å². The second kappa shape index (κ2) is 8.68. The number of carbonyl (C=O) groups is 2. The molecule has 2 heterocycles. The summed E-state index contributed by atoms with van der Waals surface area (Å²) in [6.45, 7) is 4.50. The first-order valence-electron chi connectivity index (χ1n) is 8.63. The molecule has 0 aliphatic carbocycles. The molecule has 1 aliphatic rings. The number of rotatable bonds is 4. The molecule has 1 fully saturated rings. The lowest BCUT2D eigenvalue weighted by atomic mass is 10.3. The van der Waals surface area contributed by atoms with Crippen LogP contribution in [0.4, 0.5) is 16.3 Å². The Morgan fingerprint density at radius 3 is 2.52 bits per heavy atom. The molecule has 1 N–H and O–H groups in total. The zero-order valence-corrected chi connectivity index (χ0v) is 15.6. The number of nitrogens with one attached hydrogen (secondary N) is 1. The van der Waals surface area contributed by atoms with Crippen molar-refractivity contribution in [2.45, 2.75) is 6.92 Å². The van der Waals surface area contributed by atoms with Crippen molar-refractivity contribution in [2.24, 2.45) is 0 Å². The van der Waals surface area contributed by atoms with Gasteiger partial charge in [0.1, 0.15) is 11.5 Å². The van der Waals surface area contributed by atoms with Gasteiger partial charge >= 0.3 is 6.09 Å². The van der Waals surface area contributed by atoms with E-state index in [0.717, 1.165) is 0 Å². The summed E-state index contributed by atoms with van der Waals surface area (Å²) < 4.78 is 5.01. The molecule has 1 saturated heterocycles. The maximum absolute atomic E-state index is 12.3. The first-order valence-corrected chi connectivity index (χ1v) is 9.01. The van der Waals surface area contributed by atoms with E-state index in [2.05, 4.69) is 15.3 Å². The summed E-state index contributed by atoms with van der Waals surface area (Å²) >= 11 is 6.04. The number of hydrogen-bond acceptors (Lipinski definition) is 6. The van der Waals surface area contributed by atoms with Gasteiger partial charge in [0.15, 0.2) is 0 Å². The number of benzene rings is 1. The molecule has 0 spiro atoms. The molecule has 0 unspecified atom stereocenters. The molecule has 0 radical (unpaired) electrons. The van der Waals surface area contributed by atoms with Crippen molar-refractivity contribution in [3.05, 3.63) is 47.4 Å². The van der Waals surface area contributed by atoms with Crippen LogP contribution in [-0.4, -0.2) is 59.7 Å².